The van der Waals surface area contributed by atoms with Crippen molar-refractivity contribution in [2.24, 2.45) is 0 Å². The highest BCUT2D eigenvalue weighted by atomic mass is 16.5. The maximum atomic E-state index is 13.1. The number of nitrogens with one attached hydrogen (secondary N) is 1. The summed E-state index contributed by atoms with van der Waals surface area (Å²) >= 11 is 0. The first-order valence-corrected chi connectivity index (χ1v) is 23.7. The van der Waals surface area contributed by atoms with E-state index in [0.29, 0.717) is 19.3 Å². The molecule has 0 heterocycles. The topological polar surface area (TPSA) is 95.9 Å². The van der Waals surface area contributed by atoms with Crippen molar-refractivity contribution in [3.63, 3.8) is 0 Å². The molecule has 3 N–H and O–H groups in total. The Balaban J connectivity index is 4.70. The second-order valence-corrected chi connectivity index (χ2v) is 15.9. The van der Waals surface area contributed by atoms with Gasteiger partial charge in [-0.2, -0.15) is 0 Å². The molecule has 0 saturated heterocycles. The second kappa shape index (κ2) is 44.4. The van der Waals surface area contributed by atoms with Gasteiger partial charge in [-0.1, -0.05) is 216 Å². The van der Waals surface area contributed by atoms with Gasteiger partial charge in [-0.3, -0.25) is 9.59 Å². The molecule has 0 rings (SSSR count). The number of amides is 1. The number of allylic oxidation sites excluding steroid dienone is 12. The zero-order valence-electron chi connectivity index (χ0n) is 37.2. The summed E-state index contributed by atoms with van der Waals surface area (Å²) in [5.74, 6) is -0.628. The SMILES string of the molecule is CC/C=C/C=C/C=C\C=C/CCCC(CC(=O)NC(CO)C(O)CCCCCCCCCCCCCCCC)OC(=O)CC/C=C/C/C=C\CCCCCCCC. The number of hydrogen-bond acceptors (Lipinski definition) is 5. The largest absolute Gasteiger partial charge is 0.462 e. The highest BCUT2D eigenvalue weighted by Gasteiger charge is 2.23. The average Bonchev–Trinajstić information content (AvgIpc) is 3.20. The number of carbonyl (C=O) groups excluding carboxylic acids is 2. The summed E-state index contributed by atoms with van der Waals surface area (Å²) < 4.78 is 5.83. The van der Waals surface area contributed by atoms with Crippen LogP contribution in [0.1, 0.15) is 213 Å². The first-order chi connectivity index (χ1) is 28.0. The number of esters is 1. The van der Waals surface area contributed by atoms with E-state index in [2.05, 4.69) is 56.5 Å². The van der Waals surface area contributed by atoms with Gasteiger partial charge in [0.25, 0.3) is 0 Å². The van der Waals surface area contributed by atoms with Crippen molar-refractivity contribution >= 4 is 11.9 Å². The molecule has 328 valence electrons. The number of unbranched alkanes of at least 4 members (excludes halogenated alkanes) is 20. The highest BCUT2D eigenvalue weighted by molar-refractivity contribution is 5.77. The van der Waals surface area contributed by atoms with E-state index in [1.165, 1.54) is 109 Å². The van der Waals surface area contributed by atoms with Crippen LogP contribution in [0, 0.1) is 0 Å². The molecule has 0 aromatic carbocycles. The van der Waals surface area contributed by atoms with Gasteiger partial charge in [-0.25, -0.2) is 0 Å². The average molecular weight is 796 g/mol. The Morgan fingerprint density at radius 3 is 1.60 bits per heavy atom. The molecular weight excluding hydrogens is 707 g/mol. The van der Waals surface area contributed by atoms with Gasteiger partial charge in [-0.05, 0) is 57.8 Å². The third-order valence-electron chi connectivity index (χ3n) is 10.4. The minimum absolute atomic E-state index is 0.00669. The summed E-state index contributed by atoms with van der Waals surface area (Å²) in [6.45, 7) is 6.28. The minimum Gasteiger partial charge on any atom is -0.462 e. The summed E-state index contributed by atoms with van der Waals surface area (Å²) in [5.41, 5.74) is 0. The monoisotopic (exact) mass is 796 g/mol. The van der Waals surface area contributed by atoms with Crippen molar-refractivity contribution in [3.05, 3.63) is 72.9 Å². The molecule has 0 aromatic rings. The fraction of sp³-hybridized carbons (Fsp3) is 0.725. The normalized spacial score (nSPS) is 14.0. The van der Waals surface area contributed by atoms with E-state index in [4.69, 9.17) is 4.74 Å². The standard InChI is InChI=1S/C51H89NO5/c1-4-7-10-13-16-19-22-24-26-28-31-34-37-40-43-49(54)48(46-53)52-50(55)45-47(42-39-36-33-30-27-21-18-15-12-9-6-3)57-51(56)44-41-38-35-32-29-25-23-20-17-14-11-8-5-2/h9,12,15,18,21,25,27,29-30,33,35,38,47-49,53-54H,4-8,10-11,13-14,16-17,19-20,22-24,26,28,31-32,34,36-37,39-46H2,1-3H3,(H,52,55)/b12-9+,18-15+,27-21-,29-25-,33-30-,38-35+. The summed E-state index contributed by atoms with van der Waals surface area (Å²) in [7, 11) is 0. The van der Waals surface area contributed by atoms with Crippen LogP contribution < -0.4 is 5.32 Å². The molecule has 0 radical (unpaired) electrons. The molecule has 3 unspecified atom stereocenters. The van der Waals surface area contributed by atoms with Crippen molar-refractivity contribution in [2.75, 3.05) is 6.61 Å². The van der Waals surface area contributed by atoms with Crippen LogP contribution in [0.25, 0.3) is 0 Å². The van der Waals surface area contributed by atoms with Crippen LogP contribution in [0.2, 0.25) is 0 Å². The molecule has 0 aliphatic carbocycles. The van der Waals surface area contributed by atoms with Gasteiger partial charge in [0.2, 0.25) is 5.91 Å². The van der Waals surface area contributed by atoms with E-state index in [9.17, 15) is 19.8 Å². The Morgan fingerprint density at radius 2 is 1.04 bits per heavy atom. The van der Waals surface area contributed by atoms with Crippen LogP contribution in [0.15, 0.2) is 72.9 Å². The molecule has 0 fully saturated rings. The fourth-order valence-corrected chi connectivity index (χ4v) is 6.79. The molecule has 1 amide bonds. The molecule has 57 heavy (non-hydrogen) atoms. The zero-order chi connectivity index (χ0) is 41.7. The van der Waals surface area contributed by atoms with E-state index in [-0.39, 0.29) is 31.3 Å². The van der Waals surface area contributed by atoms with Gasteiger partial charge in [0, 0.05) is 6.42 Å². The smallest absolute Gasteiger partial charge is 0.306 e. The lowest BCUT2D eigenvalue weighted by Gasteiger charge is -2.24. The van der Waals surface area contributed by atoms with Gasteiger partial charge in [-0.15, -0.1) is 0 Å². The third-order valence-corrected chi connectivity index (χ3v) is 10.4. The van der Waals surface area contributed by atoms with Crippen molar-refractivity contribution in [3.8, 4) is 0 Å². The first-order valence-electron chi connectivity index (χ1n) is 23.7. The van der Waals surface area contributed by atoms with Gasteiger partial charge >= 0.3 is 5.97 Å². The van der Waals surface area contributed by atoms with Crippen molar-refractivity contribution < 1.29 is 24.5 Å². The lowest BCUT2D eigenvalue weighted by molar-refractivity contribution is -0.150. The van der Waals surface area contributed by atoms with Crippen LogP contribution in [0.5, 0.6) is 0 Å². The number of aliphatic hydroxyl groups excluding tert-OH is 2. The van der Waals surface area contributed by atoms with Gasteiger partial charge in [0.05, 0.1) is 25.2 Å². The third kappa shape index (κ3) is 39.9. The molecule has 0 aromatic heterocycles. The van der Waals surface area contributed by atoms with Crippen LogP contribution in [0.4, 0.5) is 0 Å². The van der Waals surface area contributed by atoms with Gasteiger partial charge in [0.15, 0.2) is 0 Å². The van der Waals surface area contributed by atoms with Crippen LogP contribution in [0.3, 0.4) is 0 Å². The Morgan fingerprint density at radius 1 is 0.544 bits per heavy atom. The van der Waals surface area contributed by atoms with E-state index in [0.717, 1.165) is 51.4 Å². The van der Waals surface area contributed by atoms with Gasteiger partial charge in [0.1, 0.15) is 6.10 Å². The van der Waals surface area contributed by atoms with E-state index in [1.807, 2.05) is 42.5 Å². The van der Waals surface area contributed by atoms with E-state index in [1.54, 1.807) is 0 Å². The lowest BCUT2D eigenvalue weighted by Crippen LogP contribution is -2.46. The number of ether oxygens (including phenoxy) is 1. The molecule has 0 saturated carbocycles. The molecule has 0 spiro atoms. The first kappa shape index (κ1) is 54.3. The Hall–Kier alpha value is -2.70. The maximum absolute atomic E-state index is 13.1. The number of carbonyl (C=O) groups is 2. The molecule has 0 bridgehead atoms. The lowest BCUT2D eigenvalue weighted by atomic mass is 10.0. The molecular formula is C51H89NO5. The summed E-state index contributed by atoms with van der Waals surface area (Å²) in [4.78, 5) is 25.9. The van der Waals surface area contributed by atoms with E-state index >= 15 is 0 Å². The van der Waals surface area contributed by atoms with Crippen LogP contribution >= 0.6 is 0 Å². The van der Waals surface area contributed by atoms with Crippen LogP contribution in [-0.2, 0) is 14.3 Å². The Kier molecular flexibility index (Phi) is 42.3. The molecule has 0 aliphatic heterocycles. The molecule has 3 atom stereocenters. The van der Waals surface area contributed by atoms with Crippen molar-refractivity contribution in [2.45, 2.75) is 232 Å². The fourth-order valence-electron chi connectivity index (χ4n) is 6.79. The summed E-state index contributed by atoms with van der Waals surface area (Å²) in [6.07, 6.45) is 55.5. The minimum atomic E-state index is -0.815. The zero-order valence-corrected chi connectivity index (χ0v) is 37.2. The van der Waals surface area contributed by atoms with Gasteiger partial charge < -0.3 is 20.3 Å². The quantitative estimate of drug-likeness (QED) is 0.0248. The van der Waals surface area contributed by atoms with Crippen molar-refractivity contribution in [1.82, 2.24) is 5.32 Å². The second-order valence-electron chi connectivity index (χ2n) is 15.9. The summed E-state index contributed by atoms with van der Waals surface area (Å²) in [5, 5.41) is 23.6. The number of aliphatic hydroxyl groups is 2. The Labute approximate surface area is 351 Å². The molecule has 6 nitrogen and oxygen atoms in total. The highest BCUT2D eigenvalue weighted by Crippen LogP contribution is 2.16. The predicted molar refractivity (Wildman–Crippen MR) is 245 cm³/mol. The predicted octanol–water partition coefficient (Wildman–Crippen LogP) is 13.8. The molecule has 0 aliphatic rings. The number of rotatable bonds is 41. The summed E-state index contributed by atoms with van der Waals surface area (Å²) in [6, 6.07) is -0.734. The number of hydrogen-bond donors (Lipinski definition) is 3. The van der Waals surface area contributed by atoms with Crippen molar-refractivity contribution in [1.29, 1.82) is 0 Å². The van der Waals surface area contributed by atoms with E-state index < -0.39 is 18.2 Å². The van der Waals surface area contributed by atoms with Crippen LogP contribution in [-0.4, -0.2) is 46.9 Å². The Bertz CT molecular complexity index is 1070. The molecule has 6 heteroatoms. The maximum Gasteiger partial charge on any atom is 0.306 e.